The average molecular weight is 814 g/mol. The molecule has 13 nitrogen and oxygen atoms in total. The Kier molecular flexibility index (Phi) is 10.9. The second-order valence-electron chi connectivity index (χ2n) is 16.6. The fraction of sp³-hybridized carbons (Fsp3) is 0.590. The number of esters is 1. The first kappa shape index (κ1) is 39.4. The third-order valence-electron chi connectivity index (χ3n) is 11.3. The lowest BCUT2D eigenvalue weighted by molar-refractivity contribution is -0.159. The van der Waals surface area contributed by atoms with Gasteiger partial charge in [-0.3, -0.25) is 28.7 Å². The van der Waals surface area contributed by atoms with Crippen molar-refractivity contribution in [3.05, 3.63) is 51.8 Å². The number of allylic oxidation sites excluding steroid dienone is 1. The van der Waals surface area contributed by atoms with E-state index in [0.29, 0.717) is 47.8 Å². The molecule has 16 heteroatoms. The van der Waals surface area contributed by atoms with Gasteiger partial charge in [0.1, 0.15) is 17.2 Å². The number of amides is 4. The lowest BCUT2D eigenvalue weighted by Gasteiger charge is -2.32. The predicted octanol–water partition coefficient (Wildman–Crippen LogP) is 4.71. The number of rotatable bonds is 7. The van der Waals surface area contributed by atoms with Gasteiger partial charge in [-0.15, -0.1) is 11.3 Å². The van der Waals surface area contributed by atoms with E-state index in [1.54, 1.807) is 43.2 Å². The van der Waals surface area contributed by atoms with E-state index in [4.69, 9.17) is 16.3 Å². The molecule has 296 valence electrons. The Morgan fingerprint density at radius 1 is 1.05 bits per heavy atom. The van der Waals surface area contributed by atoms with Crippen LogP contribution in [0.15, 0.2) is 41.8 Å². The molecular formula is C39H48ClN5O8S2. The summed E-state index contributed by atoms with van der Waals surface area (Å²) in [5, 5.41) is 4.99. The minimum absolute atomic E-state index is 0.145. The van der Waals surface area contributed by atoms with E-state index in [9.17, 15) is 32.4 Å². The molecule has 4 amide bonds. The normalized spacial score (nSPS) is 29.2. The van der Waals surface area contributed by atoms with Crippen molar-refractivity contribution < 1.29 is 37.1 Å². The zero-order chi connectivity index (χ0) is 39.3. The number of aromatic nitrogens is 1. The van der Waals surface area contributed by atoms with Gasteiger partial charge in [0.15, 0.2) is 5.01 Å². The summed E-state index contributed by atoms with van der Waals surface area (Å²) in [4.78, 5) is 77.8. The maximum atomic E-state index is 14.7. The number of nitrogens with zero attached hydrogens (tertiary/aromatic N) is 3. The standard InChI is InChI=1S/C39H48ClN5O8S2/c1-38(2,3)53-31(46)17-24-9-7-5-4-6-8-10-26-18-39(26,37(50)43-55(51,52)28-15-16-28)42-33(47)32-29-21-44(19-25(29)20-45(32)35(24)48)36(49)34-41-30(22-54-34)23-11-13-27(40)14-12-23/h8,10-14,22,24-26,28-29,32H,4-7,9,15-21H2,1-3H3,(H,42,47)(H,43,50)/b10-8-/t24-,25-,26+,29-,32-,39+/m0/s1. The summed E-state index contributed by atoms with van der Waals surface area (Å²) >= 11 is 7.28. The molecule has 6 atom stereocenters. The number of nitrogens with one attached hydrogen (secondary N) is 2. The zero-order valence-corrected chi connectivity index (χ0v) is 33.7. The number of hydrogen-bond donors (Lipinski definition) is 2. The molecule has 2 aliphatic carbocycles. The van der Waals surface area contributed by atoms with Crippen LogP contribution in [0.1, 0.15) is 88.4 Å². The second kappa shape index (κ2) is 15.3. The van der Waals surface area contributed by atoms with Crippen LogP contribution in [-0.2, 0) is 33.9 Å². The van der Waals surface area contributed by atoms with E-state index < -0.39 is 68.0 Å². The summed E-state index contributed by atoms with van der Waals surface area (Å²) in [5.74, 6) is -4.43. The van der Waals surface area contributed by atoms with Crippen molar-refractivity contribution in [3.63, 3.8) is 0 Å². The Labute approximate surface area is 330 Å². The van der Waals surface area contributed by atoms with Crippen molar-refractivity contribution in [3.8, 4) is 11.3 Å². The first-order chi connectivity index (χ1) is 26.0. The third kappa shape index (κ3) is 8.63. The highest BCUT2D eigenvalue weighted by molar-refractivity contribution is 7.91. The highest BCUT2D eigenvalue weighted by Gasteiger charge is 2.63. The number of sulfonamides is 1. The highest BCUT2D eigenvalue weighted by atomic mass is 35.5. The minimum Gasteiger partial charge on any atom is -0.460 e. The molecule has 3 aliphatic heterocycles. The SMILES string of the molecule is CC(C)(C)OC(=O)C[C@@H]1CCCCC/C=C\[C@@H]2C[C@@]2(C(=O)NS(=O)(=O)C2CC2)NC(=O)[C@@H]2[C@H]3CN(C(=O)c4nc(-c5ccc(Cl)cc5)cs4)C[C@H]3CN2C1=O. The number of hydrogen-bond acceptors (Lipinski definition) is 10. The van der Waals surface area contributed by atoms with Crippen LogP contribution in [0.3, 0.4) is 0 Å². The van der Waals surface area contributed by atoms with Crippen molar-refractivity contribution >= 4 is 62.6 Å². The van der Waals surface area contributed by atoms with Gasteiger partial charge >= 0.3 is 5.97 Å². The van der Waals surface area contributed by atoms with Crippen LogP contribution in [-0.4, -0.2) is 94.9 Å². The molecule has 55 heavy (non-hydrogen) atoms. The maximum Gasteiger partial charge on any atom is 0.307 e. The Morgan fingerprint density at radius 2 is 1.80 bits per heavy atom. The van der Waals surface area contributed by atoms with Crippen molar-refractivity contribution in [2.45, 2.75) is 101 Å². The van der Waals surface area contributed by atoms with Gasteiger partial charge in [0, 0.05) is 59.3 Å². The Hall–Kier alpha value is -3.82. The summed E-state index contributed by atoms with van der Waals surface area (Å²) < 4.78 is 33.6. The number of thiazole rings is 1. The number of likely N-dealkylation sites (tertiary alicyclic amines) is 1. The largest absolute Gasteiger partial charge is 0.460 e. The highest BCUT2D eigenvalue weighted by Crippen LogP contribution is 2.47. The Morgan fingerprint density at radius 3 is 2.51 bits per heavy atom. The first-order valence-corrected chi connectivity index (χ1v) is 21.9. The van der Waals surface area contributed by atoms with E-state index in [0.717, 1.165) is 18.4 Å². The molecule has 5 aliphatic rings. The van der Waals surface area contributed by atoms with Gasteiger partial charge in [0.2, 0.25) is 21.8 Å². The molecule has 7 rings (SSSR count). The Balaban J connectivity index is 1.17. The summed E-state index contributed by atoms with van der Waals surface area (Å²) in [6, 6.07) is 6.09. The summed E-state index contributed by atoms with van der Waals surface area (Å²) in [6.45, 7) is 5.91. The van der Waals surface area contributed by atoms with Gasteiger partial charge < -0.3 is 19.9 Å². The quantitative estimate of drug-likeness (QED) is 0.297. The van der Waals surface area contributed by atoms with Crippen LogP contribution in [0.4, 0.5) is 0 Å². The van der Waals surface area contributed by atoms with Crippen LogP contribution in [0.25, 0.3) is 11.3 Å². The molecule has 4 fully saturated rings. The third-order valence-corrected chi connectivity index (χ3v) is 14.2. The lowest BCUT2D eigenvalue weighted by Crippen LogP contribution is -2.58. The molecule has 2 aromatic rings. The van der Waals surface area contributed by atoms with Gasteiger partial charge in [0.05, 0.1) is 17.4 Å². The van der Waals surface area contributed by atoms with E-state index in [1.165, 1.54) is 16.2 Å². The number of carbonyl (C=O) groups excluding carboxylic acids is 5. The molecule has 0 bridgehead atoms. The lowest BCUT2D eigenvalue weighted by atomic mass is 9.92. The van der Waals surface area contributed by atoms with Crippen molar-refractivity contribution in [2.24, 2.45) is 23.7 Å². The summed E-state index contributed by atoms with van der Waals surface area (Å²) in [6.07, 6.45) is 8.28. The monoisotopic (exact) mass is 813 g/mol. The summed E-state index contributed by atoms with van der Waals surface area (Å²) in [7, 11) is -3.90. The molecule has 0 spiro atoms. The topological polar surface area (TPSA) is 172 Å². The molecule has 2 saturated heterocycles. The van der Waals surface area contributed by atoms with E-state index in [-0.39, 0.29) is 50.2 Å². The number of benzene rings is 1. The van der Waals surface area contributed by atoms with E-state index in [2.05, 4.69) is 15.0 Å². The molecule has 0 unspecified atom stereocenters. The van der Waals surface area contributed by atoms with Gasteiger partial charge in [-0.05, 0) is 71.4 Å². The summed E-state index contributed by atoms with van der Waals surface area (Å²) in [5.41, 5.74) is -0.800. The van der Waals surface area contributed by atoms with Gasteiger partial charge in [-0.1, -0.05) is 48.7 Å². The number of ether oxygens (including phenoxy) is 1. The van der Waals surface area contributed by atoms with Gasteiger partial charge in [-0.2, -0.15) is 0 Å². The molecular weight excluding hydrogens is 766 g/mol. The fourth-order valence-corrected chi connectivity index (χ4v) is 10.5. The van der Waals surface area contributed by atoms with Crippen LogP contribution in [0.5, 0.6) is 0 Å². The fourth-order valence-electron chi connectivity index (χ4n) is 8.21. The maximum absolute atomic E-state index is 14.7. The van der Waals surface area contributed by atoms with Gasteiger partial charge in [0.25, 0.3) is 11.8 Å². The molecule has 1 aromatic heterocycles. The second-order valence-corrected chi connectivity index (χ2v) is 19.9. The molecule has 4 heterocycles. The number of fused-ring (bicyclic) bond motifs is 4. The molecule has 1 aromatic carbocycles. The van der Waals surface area contributed by atoms with Crippen molar-refractivity contribution in [1.82, 2.24) is 24.8 Å². The van der Waals surface area contributed by atoms with E-state index in [1.807, 2.05) is 24.3 Å². The molecule has 2 saturated carbocycles. The van der Waals surface area contributed by atoms with Crippen LogP contribution in [0.2, 0.25) is 5.02 Å². The van der Waals surface area contributed by atoms with Crippen molar-refractivity contribution in [1.29, 1.82) is 0 Å². The average Bonchev–Trinajstić information content (AvgIpc) is 3.93. The van der Waals surface area contributed by atoms with Crippen LogP contribution in [0, 0.1) is 23.7 Å². The van der Waals surface area contributed by atoms with Crippen LogP contribution >= 0.6 is 22.9 Å². The minimum atomic E-state index is -3.90. The zero-order valence-electron chi connectivity index (χ0n) is 31.3. The predicted molar refractivity (Wildman–Crippen MR) is 206 cm³/mol. The van der Waals surface area contributed by atoms with Crippen molar-refractivity contribution in [2.75, 3.05) is 19.6 Å². The first-order valence-electron chi connectivity index (χ1n) is 19.1. The smallest absolute Gasteiger partial charge is 0.307 e. The number of halogens is 1. The Bertz CT molecular complexity index is 1990. The molecule has 2 N–H and O–H groups in total. The van der Waals surface area contributed by atoms with E-state index >= 15 is 0 Å². The molecule has 0 radical (unpaired) electrons. The van der Waals surface area contributed by atoms with Crippen LogP contribution < -0.4 is 10.0 Å². The van der Waals surface area contributed by atoms with Gasteiger partial charge in [-0.25, -0.2) is 13.4 Å². The number of carbonyl (C=O) groups is 5.